The SMILES string of the molecule is CC(C)CNC(=O)C(C)NC(=O)c1cc(F)cnc1Cl. The summed E-state index contributed by atoms with van der Waals surface area (Å²) in [5.74, 6) is -1.32. The van der Waals surface area contributed by atoms with E-state index in [1.165, 1.54) is 6.92 Å². The highest BCUT2D eigenvalue weighted by Crippen LogP contribution is 2.13. The Hall–Kier alpha value is -1.69. The first-order valence-corrected chi connectivity index (χ1v) is 6.58. The number of hydrogen-bond acceptors (Lipinski definition) is 3. The van der Waals surface area contributed by atoms with E-state index in [0.29, 0.717) is 12.5 Å². The van der Waals surface area contributed by atoms with E-state index in [2.05, 4.69) is 15.6 Å². The molecule has 1 aromatic rings. The van der Waals surface area contributed by atoms with Crippen LogP contribution < -0.4 is 10.6 Å². The zero-order valence-corrected chi connectivity index (χ0v) is 12.3. The lowest BCUT2D eigenvalue weighted by molar-refractivity contribution is -0.122. The van der Waals surface area contributed by atoms with Gasteiger partial charge in [0.05, 0.1) is 11.8 Å². The molecule has 2 N–H and O–H groups in total. The van der Waals surface area contributed by atoms with Gasteiger partial charge >= 0.3 is 0 Å². The zero-order chi connectivity index (χ0) is 15.3. The number of amides is 2. The summed E-state index contributed by atoms with van der Waals surface area (Å²) in [4.78, 5) is 27.1. The van der Waals surface area contributed by atoms with Crippen molar-refractivity contribution in [1.82, 2.24) is 15.6 Å². The Balaban J connectivity index is 2.65. The van der Waals surface area contributed by atoms with E-state index in [-0.39, 0.29) is 16.6 Å². The van der Waals surface area contributed by atoms with Crippen molar-refractivity contribution in [3.8, 4) is 0 Å². The van der Waals surface area contributed by atoms with Crippen LogP contribution in [0.15, 0.2) is 12.3 Å². The van der Waals surface area contributed by atoms with Crippen LogP contribution in [0, 0.1) is 11.7 Å². The van der Waals surface area contributed by atoms with Crippen LogP contribution in [0.3, 0.4) is 0 Å². The fraction of sp³-hybridized carbons (Fsp3) is 0.462. The minimum absolute atomic E-state index is 0.102. The molecular weight excluding hydrogens is 285 g/mol. The van der Waals surface area contributed by atoms with Crippen LogP contribution in [-0.4, -0.2) is 29.4 Å². The number of carbonyl (C=O) groups excluding carboxylic acids is 2. The van der Waals surface area contributed by atoms with Crippen molar-refractivity contribution in [2.24, 2.45) is 5.92 Å². The van der Waals surface area contributed by atoms with E-state index in [4.69, 9.17) is 11.6 Å². The lowest BCUT2D eigenvalue weighted by Crippen LogP contribution is -2.45. The van der Waals surface area contributed by atoms with Crippen LogP contribution in [0.25, 0.3) is 0 Å². The fourth-order valence-corrected chi connectivity index (χ4v) is 1.57. The van der Waals surface area contributed by atoms with Gasteiger partial charge in [0.2, 0.25) is 5.91 Å². The van der Waals surface area contributed by atoms with Crippen molar-refractivity contribution in [3.05, 3.63) is 28.8 Å². The molecule has 1 aromatic heterocycles. The van der Waals surface area contributed by atoms with Gasteiger partial charge in [-0.15, -0.1) is 0 Å². The van der Waals surface area contributed by atoms with Gasteiger partial charge in [-0.2, -0.15) is 0 Å². The second-order valence-electron chi connectivity index (χ2n) is 4.83. The standard InChI is InChI=1S/C13H17ClFN3O2/c1-7(2)5-17-12(19)8(3)18-13(20)10-4-9(15)6-16-11(10)14/h4,6-8H,5H2,1-3H3,(H,17,19)(H,18,20). The quantitative estimate of drug-likeness (QED) is 0.814. The molecule has 0 aliphatic carbocycles. The fourth-order valence-electron chi connectivity index (χ4n) is 1.38. The average Bonchev–Trinajstić information content (AvgIpc) is 2.38. The molecule has 20 heavy (non-hydrogen) atoms. The summed E-state index contributed by atoms with van der Waals surface area (Å²) in [6.07, 6.45) is 0.915. The minimum atomic E-state index is -0.749. The summed E-state index contributed by atoms with van der Waals surface area (Å²) in [5, 5.41) is 5.02. The first-order chi connectivity index (χ1) is 9.31. The molecule has 7 heteroatoms. The van der Waals surface area contributed by atoms with E-state index < -0.39 is 17.8 Å². The third-order valence-electron chi connectivity index (χ3n) is 2.48. The largest absolute Gasteiger partial charge is 0.354 e. The number of nitrogens with one attached hydrogen (secondary N) is 2. The van der Waals surface area contributed by atoms with Gasteiger partial charge in [-0.05, 0) is 18.9 Å². The molecule has 0 spiro atoms. The number of hydrogen-bond donors (Lipinski definition) is 2. The minimum Gasteiger partial charge on any atom is -0.354 e. The van der Waals surface area contributed by atoms with Crippen LogP contribution in [-0.2, 0) is 4.79 Å². The Morgan fingerprint density at radius 2 is 2.05 bits per heavy atom. The van der Waals surface area contributed by atoms with E-state index in [9.17, 15) is 14.0 Å². The van der Waals surface area contributed by atoms with Gasteiger partial charge in [-0.3, -0.25) is 9.59 Å². The van der Waals surface area contributed by atoms with Crippen LogP contribution in [0.5, 0.6) is 0 Å². The smallest absolute Gasteiger partial charge is 0.255 e. The average molecular weight is 302 g/mol. The number of halogens is 2. The number of pyridine rings is 1. The third-order valence-corrected chi connectivity index (χ3v) is 2.78. The lowest BCUT2D eigenvalue weighted by atomic mass is 10.2. The van der Waals surface area contributed by atoms with Crippen molar-refractivity contribution < 1.29 is 14.0 Å². The van der Waals surface area contributed by atoms with Gasteiger partial charge < -0.3 is 10.6 Å². The van der Waals surface area contributed by atoms with E-state index in [1.54, 1.807) is 0 Å². The molecule has 0 fully saturated rings. The second kappa shape index (κ2) is 7.19. The molecule has 0 radical (unpaired) electrons. The molecule has 1 heterocycles. The van der Waals surface area contributed by atoms with E-state index in [0.717, 1.165) is 12.3 Å². The van der Waals surface area contributed by atoms with E-state index >= 15 is 0 Å². The molecule has 0 aliphatic rings. The summed E-state index contributed by atoms with van der Waals surface area (Å²) in [6, 6.07) is 0.226. The predicted molar refractivity (Wildman–Crippen MR) is 74.0 cm³/mol. The van der Waals surface area contributed by atoms with Crippen molar-refractivity contribution in [2.45, 2.75) is 26.8 Å². The maximum Gasteiger partial charge on any atom is 0.255 e. The summed E-state index contributed by atoms with van der Waals surface area (Å²) < 4.78 is 13.0. The van der Waals surface area contributed by atoms with Gasteiger partial charge in [0.25, 0.3) is 5.91 Å². The molecule has 0 aliphatic heterocycles. The molecule has 110 valence electrons. The van der Waals surface area contributed by atoms with Gasteiger partial charge in [0.1, 0.15) is 17.0 Å². The normalized spacial score (nSPS) is 12.1. The molecule has 0 saturated heterocycles. The molecular formula is C13H17ClFN3O2. The number of aromatic nitrogens is 1. The van der Waals surface area contributed by atoms with Crippen molar-refractivity contribution >= 4 is 23.4 Å². The molecule has 1 unspecified atom stereocenters. The van der Waals surface area contributed by atoms with Crippen molar-refractivity contribution in [1.29, 1.82) is 0 Å². The monoisotopic (exact) mass is 301 g/mol. The molecule has 0 aromatic carbocycles. The van der Waals surface area contributed by atoms with Crippen LogP contribution in [0.4, 0.5) is 4.39 Å². The first kappa shape index (κ1) is 16.4. The summed E-state index contributed by atoms with van der Waals surface area (Å²) in [5.41, 5.74) is -0.102. The Kier molecular flexibility index (Phi) is 5.88. The second-order valence-corrected chi connectivity index (χ2v) is 5.18. The summed E-state index contributed by atoms with van der Waals surface area (Å²) in [6.45, 7) is 5.97. The van der Waals surface area contributed by atoms with Gasteiger partial charge in [-0.25, -0.2) is 9.37 Å². The first-order valence-electron chi connectivity index (χ1n) is 6.21. The van der Waals surface area contributed by atoms with Gasteiger partial charge in [0.15, 0.2) is 0 Å². The molecule has 1 rings (SSSR count). The zero-order valence-electron chi connectivity index (χ0n) is 11.5. The predicted octanol–water partition coefficient (Wildman–Crippen LogP) is 1.76. The van der Waals surface area contributed by atoms with Crippen molar-refractivity contribution in [2.75, 3.05) is 6.54 Å². The lowest BCUT2D eigenvalue weighted by Gasteiger charge is -2.15. The Bertz CT molecular complexity index is 508. The molecule has 0 saturated carbocycles. The molecule has 5 nitrogen and oxygen atoms in total. The van der Waals surface area contributed by atoms with Crippen LogP contribution in [0.2, 0.25) is 5.15 Å². The highest BCUT2D eigenvalue weighted by Gasteiger charge is 2.19. The van der Waals surface area contributed by atoms with Crippen LogP contribution in [0.1, 0.15) is 31.1 Å². The number of rotatable bonds is 5. The Morgan fingerprint density at radius 1 is 1.40 bits per heavy atom. The maximum atomic E-state index is 13.0. The highest BCUT2D eigenvalue weighted by atomic mass is 35.5. The van der Waals surface area contributed by atoms with Gasteiger partial charge in [-0.1, -0.05) is 25.4 Å². The van der Waals surface area contributed by atoms with Crippen molar-refractivity contribution in [3.63, 3.8) is 0 Å². The van der Waals surface area contributed by atoms with E-state index in [1.807, 2.05) is 13.8 Å². The summed E-state index contributed by atoms with van der Waals surface area (Å²) in [7, 11) is 0. The highest BCUT2D eigenvalue weighted by molar-refractivity contribution is 6.32. The third kappa shape index (κ3) is 4.77. The molecule has 2 amide bonds. The number of carbonyl (C=O) groups is 2. The molecule has 0 bridgehead atoms. The topological polar surface area (TPSA) is 71.1 Å². The summed E-state index contributed by atoms with van der Waals surface area (Å²) >= 11 is 5.72. The van der Waals surface area contributed by atoms with Gasteiger partial charge in [0, 0.05) is 6.54 Å². The Morgan fingerprint density at radius 3 is 2.65 bits per heavy atom. The van der Waals surface area contributed by atoms with Crippen LogP contribution >= 0.6 is 11.6 Å². The Labute approximate surface area is 121 Å². The number of nitrogens with zero attached hydrogens (tertiary/aromatic N) is 1. The maximum absolute atomic E-state index is 13.0. The molecule has 1 atom stereocenters.